The molecular weight excluding hydrogens is 496 g/mol. The third kappa shape index (κ3) is 5.62. The molecule has 9 heteroatoms. The van der Waals surface area contributed by atoms with Crippen molar-refractivity contribution in [3.63, 3.8) is 0 Å². The van der Waals surface area contributed by atoms with E-state index in [-0.39, 0.29) is 17.1 Å². The predicted molar refractivity (Wildman–Crippen MR) is 154 cm³/mol. The van der Waals surface area contributed by atoms with E-state index in [4.69, 9.17) is 9.72 Å². The molecular formula is C29H34N6O2S. The Kier molecular flexibility index (Phi) is 7.83. The van der Waals surface area contributed by atoms with Crippen LogP contribution in [-0.4, -0.2) is 57.6 Å². The number of hydrogen-bond donors (Lipinski definition) is 2. The van der Waals surface area contributed by atoms with Crippen LogP contribution in [-0.2, 0) is 6.54 Å². The van der Waals surface area contributed by atoms with Crippen molar-refractivity contribution in [1.29, 1.82) is 0 Å². The first kappa shape index (κ1) is 26.0. The summed E-state index contributed by atoms with van der Waals surface area (Å²) in [4.78, 5) is 25.8. The van der Waals surface area contributed by atoms with Gasteiger partial charge in [0.2, 0.25) is 0 Å². The van der Waals surface area contributed by atoms with Gasteiger partial charge in [0.15, 0.2) is 0 Å². The topological polar surface area (TPSA) is 94.0 Å². The molecule has 0 spiro atoms. The lowest BCUT2D eigenvalue weighted by Crippen LogP contribution is -2.23. The number of benzene rings is 1. The van der Waals surface area contributed by atoms with E-state index in [1.807, 2.05) is 24.4 Å². The van der Waals surface area contributed by atoms with Crippen molar-refractivity contribution in [2.75, 3.05) is 32.3 Å². The van der Waals surface area contributed by atoms with Crippen LogP contribution in [0.4, 0.5) is 5.82 Å². The number of hydrogen-bond acceptors (Lipinski definition) is 7. The highest BCUT2D eigenvalue weighted by molar-refractivity contribution is 7.99. The largest absolute Gasteiger partial charge is 0.496 e. The summed E-state index contributed by atoms with van der Waals surface area (Å²) in [6.45, 7) is 3.94. The molecule has 4 aromatic rings. The van der Waals surface area contributed by atoms with Gasteiger partial charge >= 0.3 is 0 Å². The lowest BCUT2D eigenvalue weighted by Gasteiger charge is -2.25. The standard InChI is InChI=1S/C29H34N6O2S/c1-18(23-8-7-21(29(36)30-2)12-25(23)37-3)26(38-4)15-31-27-13-24(33-17-34-27)22-11-20-9-10-35(16-19-5-6-19)28(20)32-14-22/h7-14,17-19,26H,5-6,15-16H2,1-4H3,(H,30,36)(H,31,33,34)/t18-,26?/m0/s1. The molecule has 0 radical (unpaired) electrons. The number of aromatic nitrogens is 4. The van der Waals surface area contributed by atoms with Gasteiger partial charge in [-0.05, 0) is 60.8 Å². The fourth-order valence-electron chi connectivity index (χ4n) is 4.80. The Bertz CT molecular complexity index is 1430. The van der Waals surface area contributed by atoms with Crippen LogP contribution in [0.15, 0.2) is 55.1 Å². The highest BCUT2D eigenvalue weighted by atomic mass is 32.2. The molecule has 1 aromatic carbocycles. The highest BCUT2D eigenvalue weighted by Gasteiger charge is 2.23. The Morgan fingerprint density at radius 1 is 1.18 bits per heavy atom. The van der Waals surface area contributed by atoms with Crippen LogP contribution < -0.4 is 15.4 Å². The minimum Gasteiger partial charge on any atom is -0.496 e. The third-order valence-electron chi connectivity index (χ3n) is 7.27. The Hall–Kier alpha value is -3.59. The molecule has 0 saturated heterocycles. The smallest absolute Gasteiger partial charge is 0.251 e. The minimum atomic E-state index is -0.129. The van der Waals surface area contributed by atoms with Crippen molar-refractivity contribution in [1.82, 2.24) is 24.8 Å². The number of anilines is 1. The molecule has 1 unspecified atom stereocenters. The van der Waals surface area contributed by atoms with Crippen molar-refractivity contribution in [2.24, 2.45) is 5.92 Å². The number of methoxy groups -OCH3 is 1. The molecule has 1 saturated carbocycles. The number of thioether (sulfide) groups is 1. The third-order valence-corrected chi connectivity index (χ3v) is 8.45. The summed E-state index contributed by atoms with van der Waals surface area (Å²) >= 11 is 1.79. The number of rotatable bonds is 11. The first-order chi connectivity index (χ1) is 18.5. The molecule has 2 N–H and O–H groups in total. The maximum atomic E-state index is 12.1. The van der Waals surface area contributed by atoms with Crippen LogP contribution in [0.25, 0.3) is 22.3 Å². The summed E-state index contributed by atoms with van der Waals surface area (Å²) in [6.07, 6.45) is 10.4. The Labute approximate surface area is 227 Å². The fourth-order valence-corrected chi connectivity index (χ4v) is 5.60. The lowest BCUT2D eigenvalue weighted by molar-refractivity contribution is 0.0962. The minimum absolute atomic E-state index is 0.129. The SMILES string of the molecule is CNC(=O)c1ccc([C@H](C)C(CNc2cc(-c3cnc4c(ccn4CC4CC4)c3)ncn2)SC)c(OC)c1. The molecule has 2 atom stereocenters. The molecule has 38 heavy (non-hydrogen) atoms. The van der Waals surface area contributed by atoms with Gasteiger partial charge in [-0.3, -0.25) is 4.79 Å². The van der Waals surface area contributed by atoms with E-state index in [2.05, 4.69) is 56.7 Å². The number of nitrogens with zero attached hydrogens (tertiary/aromatic N) is 4. The zero-order valence-electron chi connectivity index (χ0n) is 22.3. The summed E-state index contributed by atoms with van der Waals surface area (Å²) < 4.78 is 7.90. The van der Waals surface area contributed by atoms with E-state index in [0.29, 0.717) is 12.1 Å². The number of nitrogens with one attached hydrogen (secondary N) is 2. The van der Waals surface area contributed by atoms with E-state index >= 15 is 0 Å². The van der Waals surface area contributed by atoms with E-state index in [9.17, 15) is 4.79 Å². The Morgan fingerprint density at radius 2 is 2.03 bits per heavy atom. The highest BCUT2D eigenvalue weighted by Crippen LogP contribution is 2.35. The fraction of sp³-hybridized carbons (Fsp3) is 0.379. The van der Waals surface area contributed by atoms with Crippen molar-refractivity contribution in [3.8, 4) is 17.0 Å². The van der Waals surface area contributed by atoms with Gasteiger partial charge in [-0.25, -0.2) is 15.0 Å². The molecule has 8 nitrogen and oxygen atoms in total. The van der Waals surface area contributed by atoms with Crippen LogP contribution in [0.5, 0.6) is 5.75 Å². The second kappa shape index (κ2) is 11.4. The first-order valence-electron chi connectivity index (χ1n) is 12.9. The van der Waals surface area contributed by atoms with Gasteiger partial charge in [0.25, 0.3) is 5.91 Å². The van der Waals surface area contributed by atoms with E-state index in [0.717, 1.165) is 51.9 Å². The van der Waals surface area contributed by atoms with E-state index in [1.54, 1.807) is 38.3 Å². The quantitative estimate of drug-likeness (QED) is 0.275. The number of amides is 1. The number of ether oxygens (including phenoxy) is 1. The van der Waals surface area contributed by atoms with Crippen molar-refractivity contribution >= 4 is 34.5 Å². The van der Waals surface area contributed by atoms with Gasteiger partial charge in [-0.1, -0.05) is 13.0 Å². The molecule has 3 aromatic heterocycles. The average Bonchev–Trinajstić information content (AvgIpc) is 3.70. The van der Waals surface area contributed by atoms with Gasteiger partial charge < -0.3 is 19.9 Å². The van der Waals surface area contributed by atoms with E-state index < -0.39 is 0 Å². The number of fused-ring (bicyclic) bond motifs is 1. The molecule has 5 rings (SSSR count). The number of pyridine rings is 1. The van der Waals surface area contributed by atoms with Crippen LogP contribution >= 0.6 is 11.8 Å². The summed E-state index contributed by atoms with van der Waals surface area (Å²) in [7, 11) is 3.27. The van der Waals surface area contributed by atoms with Crippen molar-refractivity contribution in [2.45, 2.75) is 37.5 Å². The molecule has 1 amide bonds. The Balaban J connectivity index is 1.29. The molecule has 1 aliphatic rings. The summed E-state index contributed by atoms with van der Waals surface area (Å²) in [5.74, 6) is 2.35. The molecule has 0 bridgehead atoms. The zero-order valence-corrected chi connectivity index (χ0v) is 23.1. The first-order valence-corrected chi connectivity index (χ1v) is 14.2. The summed E-state index contributed by atoms with van der Waals surface area (Å²) in [6, 6.07) is 11.9. The zero-order chi connectivity index (χ0) is 26.6. The molecule has 1 aliphatic carbocycles. The molecule has 198 valence electrons. The van der Waals surface area contributed by atoms with E-state index in [1.165, 1.54) is 12.8 Å². The number of carbonyl (C=O) groups is 1. The predicted octanol–water partition coefficient (Wildman–Crippen LogP) is 5.22. The summed E-state index contributed by atoms with van der Waals surface area (Å²) in [5.41, 5.74) is 4.50. The normalized spacial score (nSPS) is 14.7. The Morgan fingerprint density at radius 3 is 2.76 bits per heavy atom. The van der Waals surface area contributed by atoms with Crippen LogP contribution in [0, 0.1) is 5.92 Å². The second-order valence-electron chi connectivity index (χ2n) is 9.82. The van der Waals surface area contributed by atoms with Gasteiger partial charge in [-0.2, -0.15) is 11.8 Å². The monoisotopic (exact) mass is 530 g/mol. The van der Waals surface area contributed by atoms with Crippen LogP contribution in [0.1, 0.15) is 41.6 Å². The molecule has 1 fully saturated rings. The van der Waals surface area contributed by atoms with Gasteiger partial charge in [-0.15, -0.1) is 0 Å². The molecule has 0 aliphatic heterocycles. The van der Waals surface area contributed by atoms with Crippen LogP contribution in [0.3, 0.4) is 0 Å². The summed E-state index contributed by atoms with van der Waals surface area (Å²) in [5, 5.41) is 7.54. The maximum Gasteiger partial charge on any atom is 0.251 e. The lowest BCUT2D eigenvalue weighted by atomic mass is 9.95. The maximum absolute atomic E-state index is 12.1. The van der Waals surface area contributed by atoms with Crippen molar-refractivity contribution in [3.05, 3.63) is 66.2 Å². The van der Waals surface area contributed by atoms with Crippen LogP contribution in [0.2, 0.25) is 0 Å². The molecule has 3 heterocycles. The van der Waals surface area contributed by atoms with Crippen molar-refractivity contribution < 1.29 is 9.53 Å². The van der Waals surface area contributed by atoms with Gasteiger partial charge in [0, 0.05) is 60.4 Å². The second-order valence-corrected chi connectivity index (χ2v) is 10.9. The number of carbonyl (C=O) groups excluding carboxylic acids is 1. The van der Waals surface area contributed by atoms with Gasteiger partial charge in [0.1, 0.15) is 23.5 Å². The average molecular weight is 531 g/mol. The van der Waals surface area contributed by atoms with Gasteiger partial charge in [0.05, 0.1) is 12.8 Å².